The van der Waals surface area contributed by atoms with Crippen LogP contribution in [-0.4, -0.2) is 49.3 Å². The standard InChI is InChI=1S/C21H17F4NO5/c22-18-7-19-13(5-14(27)11-30-19)6-17(18)20(28)26-8-12(9-26)10-29-15-1-3-16(4-2-15)31-21(23,24)25/h1-4,6-7,12H,5,8-11H2. The van der Waals surface area contributed by atoms with Gasteiger partial charge in [0, 0.05) is 37.1 Å². The van der Waals surface area contributed by atoms with Gasteiger partial charge < -0.3 is 19.1 Å². The minimum absolute atomic E-state index is 0.000603. The molecule has 0 radical (unpaired) electrons. The Labute approximate surface area is 174 Å². The Morgan fingerprint density at radius 2 is 1.81 bits per heavy atom. The summed E-state index contributed by atoms with van der Waals surface area (Å²) in [6, 6.07) is 7.49. The Morgan fingerprint density at radius 1 is 1.13 bits per heavy atom. The number of fused-ring (bicyclic) bond motifs is 1. The third-order valence-corrected chi connectivity index (χ3v) is 4.94. The summed E-state index contributed by atoms with van der Waals surface area (Å²) in [7, 11) is 0. The zero-order chi connectivity index (χ0) is 22.2. The molecule has 10 heteroatoms. The van der Waals surface area contributed by atoms with Crippen LogP contribution in [0.4, 0.5) is 17.6 Å². The van der Waals surface area contributed by atoms with Gasteiger partial charge in [0.15, 0.2) is 5.78 Å². The monoisotopic (exact) mass is 439 g/mol. The first-order valence-corrected chi connectivity index (χ1v) is 9.43. The number of Topliss-reactive ketones (excluding diaryl/α,β-unsaturated/α-hetero) is 1. The summed E-state index contributed by atoms with van der Waals surface area (Å²) < 4.78 is 65.3. The third-order valence-electron chi connectivity index (χ3n) is 4.94. The normalized spacial score (nSPS) is 16.3. The van der Waals surface area contributed by atoms with Gasteiger partial charge in [0.1, 0.15) is 29.7 Å². The zero-order valence-corrected chi connectivity index (χ0v) is 16.1. The molecule has 2 aliphatic rings. The van der Waals surface area contributed by atoms with Crippen LogP contribution < -0.4 is 14.2 Å². The lowest BCUT2D eigenvalue weighted by Crippen LogP contribution is -2.52. The number of carbonyl (C=O) groups excluding carboxylic acids is 2. The Kier molecular flexibility index (Phi) is 5.47. The number of hydrogen-bond donors (Lipinski definition) is 0. The number of benzene rings is 2. The van der Waals surface area contributed by atoms with Crippen molar-refractivity contribution < 1.29 is 41.4 Å². The first-order chi connectivity index (χ1) is 14.7. The number of ether oxygens (including phenoxy) is 3. The number of halogens is 4. The smallest absolute Gasteiger partial charge is 0.493 e. The Balaban J connectivity index is 1.29. The predicted molar refractivity (Wildman–Crippen MR) is 98.6 cm³/mol. The van der Waals surface area contributed by atoms with Gasteiger partial charge in [-0.3, -0.25) is 9.59 Å². The van der Waals surface area contributed by atoms with Crippen molar-refractivity contribution in [3.63, 3.8) is 0 Å². The highest BCUT2D eigenvalue weighted by Gasteiger charge is 2.34. The molecule has 0 aromatic heterocycles. The molecule has 164 valence electrons. The first kappa shape index (κ1) is 21.0. The Bertz CT molecular complexity index is 1000. The number of amides is 1. The average Bonchev–Trinajstić information content (AvgIpc) is 2.66. The van der Waals surface area contributed by atoms with E-state index in [2.05, 4.69) is 4.74 Å². The number of nitrogens with zero attached hydrogens (tertiary/aromatic N) is 1. The fourth-order valence-electron chi connectivity index (χ4n) is 3.42. The molecule has 2 aliphatic heterocycles. The minimum Gasteiger partial charge on any atom is -0.493 e. The van der Waals surface area contributed by atoms with Gasteiger partial charge in [0.2, 0.25) is 0 Å². The lowest BCUT2D eigenvalue weighted by Gasteiger charge is -2.39. The van der Waals surface area contributed by atoms with Crippen LogP contribution in [0.2, 0.25) is 0 Å². The minimum atomic E-state index is -4.76. The first-order valence-electron chi connectivity index (χ1n) is 9.43. The van der Waals surface area contributed by atoms with Crippen LogP contribution >= 0.6 is 0 Å². The molecule has 1 amide bonds. The molecule has 0 atom stereocenters. The van der Waals surface area contributed by atoms with Gasteiger partial charge in [-0.15, -0.1) is 13.2 Å². The second-order valence-electron chi connectivity index (χ2n) is 7.35. The molecule has 0 N–H and O–H groups in total. The maximum atomic E-state index is 14.3. The highest BCUT2D eigenvalue weighted by Crippen LogP contribution is 2.29. The highest BCUT2D eigenvalue weighted by atomic mass is 19.4. The molecular formula is C21H17F4NO5. The van der Waals surface area contributed by atoms with E-state index < -0.39 is 18.1 Å². The molecule has 2 aromatic rings. The molecular weight excluding hydrogens is 422 g/mol. The van der Waals surface area contributed by atoms with E-state index in [9.17, 15) is 27.2 Å². The fraction of sp³-hybridized carbons (Fsp3) is 0.333. The zero-order valence-electron chi connectivity index (χ0n) is 16.1. The molecule has 6 nitrogen and oxygen atoms in total. The molecule has 0 bridgehead atoms. The van der Waals surface area contributed by atoms with Crippen molar-refractivity contribution in [2.75, 3.05) is 26.3 Å². The van der Waals surface area contributed by atoms with E-state index in [4.69, 9.17) is 9.47 Å². The van der Waals surface area contributed by atoms with Gasteiger partial charge in [-0.2, -0.15) is 0 Å². The lowest BCUT2D eigenvalue weighted by atomic mass is 9.97. The van der Waals surface area contributed by atoms with Crippen LogP contribution in [0.25, 0.3) is 0 Å². The predicted octanol–water partition coefficient (Wildman–Crippen LogP) is 3.38. The van der Waals surface area contributed by atoms with E-state index in [0.29, 0.717) is 24.4 Å². The van der Waals surface area contributed by atoms with Gasteiger partial charge in [0.25, 0.3) is 5.91 Å². The maximum absolute atomic E-state index is 14.3. The van der Waals surface area contributed by atoms with Crippen molar-refractivity contribution in [1.29, 1.82) is 0 Å². The summed E-state index contributed by atoms with van der Waals surface area (Å²) in [6.45, 7) is 0.837. The number of likely N-dealkylation sites (tertiary alicyclic amines) is 1. The average molecular weight is 439 g/mol. The molecule has 0 unspecified atom stereocenters. The summed E-state index contributed by atoms with van der Waals surface area (Å²) >= 11 is 0. The van der Waals surface area contributed by atoms with Crippen LogP contribution in [0.1, 0.15) is 15.9 Å². The van der Waals surface area contributed by atoms with Crippen molar-refractivity contribution in [2.24, 2.45) is 5.92 Å². The summed E-state index contributed by atoms with van der Waals surface area (Å²) in [4.78, 5) is 25.6. The molecule has 0 spiro atoms. The van der Waals surface area contributed by atoms with Crippen molar-refractivity contribution in [3.8, 4) is 17.2 Å². The molecule has 4 rings (SSSR count). The van der Waals surface area contributed by atoms with E-state index in [1.807, 2.05) is 0 Å². The maximum Gasteiger partial charge on any atom is 0.573 e. The van der Waals surface area contributed by atoms with Gasteiger partial charge >= 0.3 is 6.36 Å². The SMILES string of the molecule is O=C1COc2cc(F)c(C(=O)N3CC(COc4ccc(OC(F)(F)F)cc4)C3)cc2C1. The molecule has 0 saturated carbocycles. The molecule has 1 fully saturated rings. The fourth-order valence-corrected chi connectivity index (χ4v) is 3.42. The third kappa shape index (κ3) is 4.89. The summed E-state index contributed by atoms with van der Waals surface area (Å²) in [5.41, 5.74) is 0.371. The van der Waals surface area contributed by atoms with Crippen LogP contribution in [0, 0.1) is 11.7 Å². The largest absolute Gasteiger partial charge is 0.573 e. The molecule has 31 heavy (non-hydrogen) atoms. The van der Waals surface area contributed by atoms with Crippen LogP contribution in [0.15, 0.2) is 36.4 Å². The van der Waals surface area contributed by atoms with Crippen molar-refractivity contribution in [3.05, 3.63) is 53.3 Å². The van der Waals surface area contributed by atoms with Crippen LogP contribution in [-0.2, 0) is 11.2 Å². The molecule has 2 heterocycles. The summed E-state index contributed by atoms with van der Waals surface area (Å²) in [5.74, 6) is -1.04. The van der Waals surface area contributed by atoms with E-state index in [1.165, 1.54) is 23.1 Å². The van der Waals surface area contributed by atoms with Gasteiger partial charge in [-0.1, -0.05) is 0 Å². The number of alkyl halides is 3. The highest BCUT2D eigenvalue weighted by molar-refractivity contribution is 5.96. The Hall–Kier alpha value is -3.30. The van der Waals surface area contributed by atoms with Crippen molar-refractivity contribution >= 4 is 11.7 Å². The molecule has 2 aromatic carbocycles. The quantitative estimate of drug-likeness (QED) is 0.669. The number of ketones is 1. The Morgan fingerprint density at radius 3 is 2.48 bits per heavy atom. The number of hydrogen-bond acceptors (Lipinski definition) is 5. The van der Waals surface area contributed by atoms with Crippen LogP contribution in [0.5, 0.6) is 17.2 Å². The van der Waals surface area contributed by atoms with Gasteiger partial charge in [0.05, 0.1) is 12.2 Å². The summed E-state index contributed by atoms with van der Waals surface area (Å²) in [6.07, 6.45) is -4.66. The van der Waals surface area contributed by atoms with Crippen molar-refractivity contribution in [1.82, 2.24) is 4.90 Å². The topological polar surface area (TPSA) is 65.1 Å². The summed E-state index contributed by atoms with van der Waals surface area (Å²) in [5, 5.41) is 0. The molecule has 0 aliphatic carbocycles. The number of carbonyl (C=O) groups is 2. The lowest BCUT2D eigenvalue weighted by molar-refractivity contribution is -0.274. The van der Waals surface area contributed by atoms with E-state index in [0.717, 1.165) is 18.2 Å². The van der Waals surface area contributed by atoms with E-state index in [1.54, 1.807) is 0 Å². The number of rotatable bonds is 5. The van der Waals surface area contributed by atoms with Crippen LogP contribution in [0.3, 0.4) is 0 Å². The molecule has 1 saturated heterocycles. The van der Waals surface area contributed by atoms with E-state index in [-0.39, 0.29) is 48.4 Å². The van der Waals surface area contributed by atoms with Crippen molar-refractivity contribution in [2.45, 2.75) is 12.8 Å². The van der Waals surface area contributed by atoms with Gasteiger partial charge in [-0.25, -0.2) is 4.39 Å². The second-order valence-corrected chi connectivity index (χ2v) is 7.35. The second kappa shape index (κ2) is 8.09. The van der Waals surface area contributed by atoms with Gasteiger partial charge in [-0.05, 0) is 30.3 Å². The van der Waals surface area contributed by atoms with E-state index >= 15 is 0 Å².